The number of furan rings is 1. The van der Waals surface area contributed by atoms with Crippen LogP contribution in [0.5, 0.6) is 0 Å². The highest BCUT2D eigenvalue weighted by Gasteiger charge is 2.69. The van der Waals surface area contributed by atoms with E-state index >= 15 is 0 Å². The van der Waals surface area contributed by atoms with Gasteiger partial charge in [0, 0.05) is 12.1 Å². The minimum Gasteiger partial charge on any atom is -0.467 e. The van der Waals surface area contributed by atoms with Gasteiger partial charge in [0.05, 0.1) is 18.4 Å². The summed E-state index contributed by atoms with van der Waals surface area (Å²) < 4.78 is 47.4. The van der Waals surface area contributed by atoms with Crippen LogP contribution in [-0.4, -0.2) is 34.2 Å². The number of hydrogen-bond donors (Lipinski definition) is 1. The number of carbonyl (C=O) groups excluding carboxylic acids is 3. The van der Waals surface area contributed by atoms with E-state index in [0.29, 0.717) is 12.8 Å². The highest BCUT2D eigenvalue weighted by Crippen LogP contribution is 2.45. The van der Waals surface area contributed by atoms with E-state index in [2.05, 4.69) is 0 Å². The van der Waals surface area contributed by atoms with Gasteiger partial charge in [-0.3, -0.25) is 14.4 Å². The lowest BCUT2D eigenvalue weighted by Crippen LogP contribution is -2.66. The van der Waals surface area contributed by atoms with Crippen LogP contribution in [0, 0.1) is 0 Å². The molecule has 1 atom stereocenters. The van der Waals surface area contributed by atoms with Crippen molar-refractivity contribution in [3.05, 3.63) is 35.4 Å². The SMILES string of the molecule is CCCCC(=O)N[C@]1(C(F)(F)F)C(=O)N(Cc2ccco2)C(C)=C1C(C)=O. The smallest absolute Gasteiger partial charge is 0.425 e. The lowest BCUT2D eigenvalue weighted by molar-refractivity contribution is -0.194. The Morgan fingerprint density at radius 1 is 1.33 bits per heavy atom. The summed E-state index contributed by atoms with van der Waals surface area (Å²) in [7, 11) is 0. The van der Waals surface area contributed by atoms with Crippen LogP contribution in [-0.2, 0) is 20.9 Å². The fourth-order valence-electron chi connectivity index (χ4n) is 3.19. The molecule has 0 spiro atoms. The third-order valence-corrected chi connectivity index (χ3v) is 4.46. The molecule has 0 radical (unpaired) electrons. The number of unbranched alkanes of at least 4 members (excludes halogenated alkanes) is 1. The zero-order valence-corrected chi connectivity index (χ0v) is 15.3. The molecule has 1 aliphatic heterocycles. The zero-order chi connectivity index (χ0) is 20.4. The molecule has 148 valence electrons. The van der Waals surface area contributed by atoms with E-state index in [9.17, 15) is 27.6 Å². The third-order valence-electron chi connectivity index (χ3n) is 4.46. The molecule has 2 heterocycles. The van der Waals surface area contributed by atoms with Gasteiger partial charge in [-0.1, -0.05) is 13.3 Å². The van der Waals surface area contributed by atoms with E-state index < -0.39 is 34.9 Å². The first-order valence-electron chi connectivity index (χ1n) is 8.50. The van der Waals surface area contributed by atoms with Crippen LogP contribution in [0.3, 0.4) is 0 Å². The molecule has 1 aromatic rings. The average molecular weight is 386 g/mol. The molecule has 2 amide bonds. The molecule has 0 aliphatic carbocycles. The maximum atomic E-state index is 14.1. The maximum Gasteiger partial charge on any atom is 0.425 e. The van der Waals surface area contributed by atoms with E-state index in [-0.39, 0.29) is 24.4 Å². The van der Waals surface area contributed by atoms with Crippen LogP contribution in [0.4, 0.5) is 13.2 Å². The number of alkyl halides is 3. The van der Waals surface area contributed by atoms with Crippen LogP contribution in [0.1, 0.15) is 45.8 Å². The number of carbonyl (C=O) groups is 3. The molecule has 0 saturated heterocycles. The van der Waals surface area contributed by atoms with Crippen molar-refractivity contribution in [1.82, 2.24) is 10.2 Å². The largest absolute Gasteiger partial charge is 0.467 e. The van der Waals surface area contributed by atoms with E-state index in [1.807, 2.05) is 5.32 Å². The fraction of sp³-hybridized carbons (Fsp3) is 0.500. The van der Waals surface area contributed by atoms with Gasteiger partial charge in [0.1, 0.15) is 5.76 Å². The van der Waals surface area contributed by atoms with Gasteiger partial charge in [-0.05, 0) is 32.4 Å². The van der Waals surface area contributed by atoms with Crippen molar-refractivity contribution in [2.45, 2.75) is 58.3 Å². The molecule has 0 saturated carbocycles. The predicted octanol–water partition coefficient (Wildman–Crippen LogP) is 3.09. The molecule has 27 heavy (non-hydrogen) atoms. The highest BCUT2D eigenvalue weighted by molar-refractivity contribution is 6.11. The summed E-state index contributed by atoms with van der Waals surface area (Å²) in [6.07, 6.45) is -3.08. The van der Waals surface area contributed by atoms with Crippen LogP contribution < -0.4 is 5.32 Å². The number of hydrogen-bond acceptors (Lipinski definition) is 4. The van der Waals surface area contributed by atoms with Crippen molar-refractivity contribution in [2.24, 2.45) is 0 Å². The Labute approximate surface area is 154 Å². The number of nitrogens with one attached hydrogen (secondary N) is 1. The average Bonchev–Trinajstić information content (AvgIpc) is 3.14. The van der Waals surface area contributed by atoms with Crippen molar-refractivity contribution >= 4 is 17.6 Å². The van der Waals surface area contributed by atoms with Crippen molar-refractivity contribution in [3.63, 3.8) is 0 Å². The second kappa shape index (κ2) is 7.58. The zero-order valence-electron chi connectivity index (χ0n) is 15.3. The first-order valence-corrected chi connectivity index (χ1v) is 8.50. The Balaban J connectivity index is 2.54. The summed E-state index contributed by atoms with van der Waals surface area (Å²) in [6.45, 7) is 3.70. The van der Waals surface area contributed by atoms with Gasteiger partial charge in [0.2, 0.25) is 11.4 Å². The predicted molar refractivity (Wildman–Crippen MR) is 89.1 cm³/mol. The van der Waals surface area contributed by atoms with Crippen molar-refractivity contribution in [2.75, 3.05) is 0 Å². The number of ketones is 1. The van der Waals surface area contributed by atoms with Crippen molar-refractivity contribution < 1.29 is 32.0 Å². The minimum absolute atomic E-state index is 0.156. The van der Waals surface area contributed by atoms with E-state index in [0.717, 1.165) is 11.8 Å². The molecule has 0 unspecified atom stereocenters. The Hall–Kier alpha value is -2.58. The molecule has 1 N–H and O–H groups in total. The summed E-state index contributed by atoms with van der Waals surface area (Å²) in [5.41, 5.74) is -4.31. The van der Waals surface area contributed by atoms with Gasteiger partial charge in [-0.25, -0.2) is 0 Å². The quantitative estimate of drug-likeness (QED) is 0.781. The van der Waals surface area contributed by atoms with Crippen LogP contribution >= 0.6 is 0 Å². The summed E-state index contributed by atoms with van der Waals surface area (Å²) in [4.78, 5) is 37.9. The lowest BCUT2D eigenvalue weighted by atomic mass is 9.86. The maximum absolute atomic E-state index is 14.1. The van der Waals surface area contributed by atoms with Gasteiger partial charge in [-0.15, -0.1) is 0 Å². The molecule has 2 rings (SSSR count). The summed E-state index contributed by atoms with van der Waals surface area (Å²) in [5, 5.41) is 1.82. The number of allylic oxidation sites excluding steroid dienone is 1. The monoisotopic (exact) mass is 386 g/mol. The third kappa shape index (κ3) is 3.63. The van der Waals surface area contributed by atoms with Gasteiger partial charge in [0.15, 0.2) is 5.78 Å². The Morgan fingerprint density at radius 3 is 2.48 bits per heavy atom. The lowest BCUT2D eigenvalue weighted by Gasteiger charge is -2.33. The molecule has 1 aromatic heterocycles. The standard InChI is InChI=1S/C18H21F3N2O4/c1-4-5-8-14(25)22-17(18(19,20)21)15(12(3)24)11(2)23(16(17)26)10-13-7-6-9-27-13/h6-7,9H,4-5,8,10H2,1-3H3,(H,22,25)/t17-/m0/s1. The second-order valence-corrected chi connectivity index (χ2v) is 6.39. The Bertz CT molecular complexity index is 768. The van der Waals surface area contributed by atoms with Gasteiger partial charge >= 0.3 is 6.18 Å². The molecule has 6 nitrogen and oxygen atoms in total. The Morgan fingerprint density at radius 2 is 2.00 bits per heavy atom. The summed E-state index contributed by atoms with van der Waals surface area (Å²) >= 11 is 0. The first-order chi connectivity index (χ1) is 12.6. The fourth-order valence-corrected chi connectivity index (χ4v) is 3.19. The Kier molecular flexibility index (Phi) is 5.82. The van der Waals surface area contributed by atoms with Gasteiger partial charge in [0.25, 0.3) is 5.91 Å². The van der Waals surface area contributed by atoms with Crippen LogP contribution in [0.15, 0.2) is 34.1 Å². The van der Waals surface area contributed by atoms with Gasteiger partial charge in [-0.2, -0.15) is 13.2 Å². The van der Waals surface area contributed by atoms with E-state index in [1.54, 1.807) is 6.92 Å². The molecular formula is C18H21F3N2O4. The van der Waals surface area contributed by atoms with Crippen LogP contribution in [0.25, 0.3) is 0 Å². The van der Waals surface area contributed by atoms with Crippen molar-refractivity contribution in [1.29, 1.82) is 0 Å². The molecule has 0 aromatic carbocycles. The van der Waals surface area contributed by atoms with Gasteiger partial charge < -0.3 is 14.6 Å². The van der Waals surface area contributed by atoms with Crippen LogP contribution in [0.2, 0.25) is 0 Å². The number of rotatable bonds is 7. The molecule has 1 aliphatic rings. The first kappa shape index (κ1) is 20.7. The highest BCUT2D eigenvalue weighted by atomic mass is 19.4. The van der Waals surface area contributed by atoms with E-state index in [1.165, 1.54) is 25.3 Å². The topological polar surface area (TPSA) is 79.6 Å². The molecular weight excluding hydrogens is 365 g/mol. The number of nitrogens with zero attached hydrogens (tertiary/aromatic N) is 1. The number of Topliss-reactive ketones (excluding diaryl/α,β-unsaturated/α-hetero) is 1. The summed E-state index contributed by atoms with van der Waals surface area (Å²) in [6, 6.07) is 3.03. The molecule has 9 heteroatoms. The van der Waals surface area contributed by atoms with Crippen molar-refractivity contribution in [3.8, 4) is 0 Å². The van der Waals surface area contributed by atoms with E-state index in [4.69, 9.17) is 4.42 Å². The molecule has 0 fully saturated rings. The summed E-state index contributed by atoms with van der Waals surface area (Å²) in [5.74, 6) is -3.04. The second-order valence-electron chi connectivity index (χ2n) is 6.39. The molecule has 0 bridgehead atoms. The normalized spacial score (nSPS) is 20.4. The minimum atomic E-state index is -5.19. The number of halogens is 3. The number of amides is 2.